The summed E-state index contributed by atoms with van der Waals surface area (Å²) in [6, 6.07) is 7.39. The second-order valence-corrected chi connectivity index (χ2v) is 7.12. The number of carbonyl (C=O) groups excluding carboxylic acids is 2. The number of carbonyl (C=O) groups is 2. The maximum atomic E-state index is 12.1. The molecule has 29 heavy (non-hydrogen) atoms. The van der Waals surface area contributed by atoms with Gasteiger partial charge in [0, 0.05) is 25.6 Å². The molecule has 0 aromatic heterocycles. The molecule has 1 fully saturated rings. The van der Waals surface area contributed by atoms with Gasteiger partial charge in [-0.05, 0) is 17.7 Å². The van der Waals surface area contributed by atoms with Crippen molar-refractivity contribution in [1.82, 2.24) is 9.80 Å². The van der Waals surface area contributed by atoms with E-state index in [1.807, 2.05) is 23.1 Å². The number of aliphatic imine (C=N–C) groups is 1. The molecule has 3 aliphatic heterocycles. The van der Waals surface area contributed by atoms with Gasteiger partial charge in [-0.1, -0.05) is 24.0 Å². The Morgan fingerprint density at radius 2 is 2.24 bits per heavy atom. The molecule has 1 unspecified atom stereocenters. The first-order valence-corrected chi connectivity index (χ1v) is 9.29. The lowest BCUT2D eigenvalue weighted by Crippen LogP contribution is -2.37. The van der Waals surface area contributed by atoms with Crippen LogP contribution in [0.2, 0.25) is 0 Å². The Hall–Kier alpha value is -3.31. The fourth-order valence-electron chi connectivity index (χ4n) is 3.61. The summed E-state index contributed by atoms with van der Waals surface area (Å²) >= 11 is 0. The summed E-state index contributed by atoms with van der Waals surface area (Å²) < 4.78 is 10.2. The van der Waals surface area contributed by atoms with Gasteiger partial charge in [-0.25, -0.2) is 9.79 Å². The van der Waals surface area contributed by atoms with Crippen LogP contribution in [0.3, 0.4) is 0 Å². The van der Waals surface area contributed by atoms with Crippen molar-refractivity contribution < 1.29 is 24.2 Å². The van der Waals surface area contributed by atoms with E-state index in [4.69, 9.17) is 9.47 Å². The van der Waals surface area contributed by atoms with Crippen molar-refractivity contribution in [2.45, 2.75) is 18.2 Å². The third-order valence-electron chi connectivity index (χ3n) is 5.23. The van der Waals surface area contributed by atoms with Crippen molar-refractivity contribution in [3.63, 3.8) is 0 Å². The number of rotatable bonds is 2. The summed E-state index contributed by atoms with van der Waals surface area (Å²) in [6.07, 6.45) is 1.41. The minimum Gasteiger partial charge on any atom is -0.497 e. The van der Waals surface area contributed by atoms with Crippen molar-refractivity contribution in [2.75, 3.05) is 33.9 Å². The van der Waals surface area contributed by atoms with E-state index in [0.29, 0.717) is 31.0 Å². The molecule has 3 heterocycles. The zero-order chi connectivity index (χ0) is 20.6. The lowest BCUT2D eigenvalue weighted by molar-refractivity contribution is -0.137. The third kappa shape index (κ3) is 3.34. The molecule has 1 aromatic rings. The van der Waals surface area contributed by atoms with E-state index in [1.165, 1.54) is 18.3 Å². The van der Waals surface area contributed by atoms with Crippen LogP contribution in [0, 0.1) is 11.8 Å². The molecule has 0 spiro atoms. The number of ether oxygens (including phenoxy) is 2. The number of methoxy groups -OCH3 is 1. The highest BCUT2D eigenvalue weighted by Crippen LogP contribution is 2.35. The molecule has 8 nitrogen and oxygen atoms in total. The molecular formula is C21H21N3O5. The average Bonchev–Trinajstić information content (AvgIpc) is 3.26. The first-order valence-electron chi connectivity index (χ1n) is 9.29. The smallest absolute Gasteiger partial charge is 0.358 e. The van der Waals surface area contributed by atoms with Gasteiger partial charge in [0.25, 0.3) is 5.91 Å². The van der Waals surface area contributed by atoms with Gasteiger partial charge in [0.15, 0.2) is 5.71 Å². The Morgan fingerprint density at radius 3 is 2.97 bits per heavy atom. The molecule has 4 rings (SSSR count). The number of esters is 1. The lowest BCUT2D eigenvalue weighted by Gasteiger charge is -2.29. The van der Waals surface area contributed by atoms with Crippen molar-refractivity contribution in [3.05, 3.63) is 47.4 Å². The third-order valence-corrected chi connectivity index (χ3v) is 5.23. The standard InChI is InChI=1S/C21H21N3O5/c1-23-9-8-21(27,20(23)26)7-6-14-4-3-5-15(12-14)18-22-17(19(25)28-2)16-13-29-11-10-24(16)18/h3-5,12-13,18,27H,8-11H2,1-2H3/t18?,21-/m0/s1. The molecular weight excluding hydrogens is 374 g/mol. The number of likely N-dealkylation sites (N-methyl/N-ethyl adjacent to an activating group) is 1. The van der Waals surface area contributed by atoms with Crippen molar-refractivity contribution in [2.24, 2.45) is 4.99 Å². The van der Waals surface area contributed by atoms with E-state index >= 15 is 0 Å². The van der Waals surface area contributed by atoms with Gasteiger partial charge >= 0.3 is 5.97 Å². The van der Waals surface area contributed by atoms with Crippen molar-refractivity contribution >= 4 is 17.6 Å². The highest BCUT2D eigenvalue weighted by molar-refractivity contribution is 6.43. The summed E-state index contributed by atoms with van der Waals surface area (Å²) in [6.45, 7) is 1.55. The predicted octanol–water partition coefficient (Wildman–Crippen LogP) is 0.431. The van der Waals surface area contributed by atoms with E-state index in [0.717, 1.165) is 5.56 Å². The molecule has 0 radical (unpaired) electrons. The molecule has 1 saturated heterocycles. The van der Waals surface area contributed by atoms with Crippen LogP contribution in [0.15, 0.2) is 41.2 Å². The van der Waals surface area contributed by atoms with Gasteiger partial charge < -0.3 is 24.4 Å². The molecule has 1 amide bonds. The molecule has 0 saturated carbocycles. The molecule has 0 aliphatic carbocycles. The number of hydrogen-bond donors (Lipinski definition) is 1. The zero-order valence-corrected chi connectivity index (χ0v) is 16.2. The summed E-state index contributed by atoms with van der Waals surface area (Å²) in [5.74, 6) is 4.74. The molecule has 2 atom stereocenters. The van der Waals surface area contributed by atoms with Crippen LogP contribution >= 0.6 is 0 Å². The van der Waals surface area contributed by atoms with Gasteiger partial charge in [0.1, 0.15) is 24.7 Å². The van der Waals surface area contributed by atoms with Crippen LogP contribution < -0.4 is 0 Å². The minimum atomic E-state index is -1.64. The Morgan fingerprint density at radius 1 is 1.41 bits per heavy atom. The van der Waals surface area contributed by atoms with Gasteiger partial charge in [-0.2, -0.15) is 0 Å². The zero-order valence-electron chi connectivity index (χ0n) is 16.2. The molecule has 0 bridgehead atoms. The van der Waals surface area contributed by atoms with E-state index in [-0.39, 0.29) is 18.0 Å². The minimum absolute atomic E-state index is 0.225. The molecule has 8 heteroatoms. The van der Waals surface area contributed by atoms with Gasteiger partial charge in [0.05, 0.1) is 13.7 Å². The average molecular weight is 395 g/mol. The normalized spacial score (nSPS) is 25.5. The van der Waals surface area contributed by atoms with Gasteiger partial charge in [-0.3, -0.25) is 4.79 Å². The van der Waals surface area contributed by atoms with E-state index in [1.54, 1.807) is 13.1 Å². The Bertz CT molecular complexity index is 990. The van der Waals surface area contributed by atoms with E-state index in [9.17, 15) is 14.7 Å². The van der Waals surface area contributed by atoms with Crippen molar-refractivity contribution in [1.29, 1.82) is 0 Å². The fourth-order valence-corrected chi connectivity index (χ4v) is 3.61. The summed E-state index contributed by atoms with van der Waals surface area (Å²) in [4.78, 5) is 32.2. The topological polar surface area (TPSA) is 91.7 Å². The number of nitrogens with zero attached hydrogens (tertiary/aromatic N) is 3. The monoisotopic (exact) mass is 395 g/mol. The molecule has 150 valence electrons. The second-order valence-electron chi connectivity index (χ2n) is 7.12. The Labute approximate surface area is 168 Å². The maximum Gasteiger partial charge on any atom is 0.358 e. The first-order chi connectivity index (χ1) is 13.9. The number of hydrogen-bond acceptors (Lipinski definition) is 7. The molecule has 1 N–H and O–H groups in total. The number of aliphatic hydroxyl groups is 1. The summed E-state index contributed by atoms with van der Waals surface area (Å²) in [5.41, 5.74) is 0.666. The lowest BCUT2D eigenvalue weighted by atomic mass is 10.0. The van der Waals surface area contributed by atoms with Crippen LogP contribution in [0.4, 0.5) is 0 Å². The number of fused-ring (bicyclic) bond motifs is 1. The highest BCUT2D eigenvalue weighted by Gasteiger charge is 2.42. The highest BCUT2D eigenvalue weighted by atomic mass is 16.5. The van der Waals surface area contributed by atoms with E-state index < -0.39 is 17.7 Å². The number of likely N-dealkylation sites (tertiary alicyclic amines) is 1. The van der Waals surface area contributed by atoms with Crippen molar-refractivity contribution in [3.8, 4) is 11.8 Å². The van der Waals surface area contributed by atoms with Crippen LogP contribution in [0.1, 0.15) is 23.7 Å². The second kappa shape index (κ2) is 7.26. The SMILES string of the molecule is COC(=O)C1=NC(c2cccc(C#C[C@]3(O)CCN(C)C3=O)c2)N2CCOC=C12. The number of amides is 1. The van der Waals surface area contributed by atoms with Crippen LogP contribution in [0.25, 0.3) is 0 Å². The molecule has 3 aliphatic rings. The number of benzene rings is 1. The molecule has 1 aromatic carbocycles. The van der Waals surface area contributed by atoms with Crippen LogP contribution in [-0.4, -0.2) is 71.9 Å². The predicted molar refractivity (Wildman–Crippen MR) is 103 cm³/mol. The summed E-state index contributed by atoms with van der Waals surface area (Å²) in [5, 5.41) is 10.5. The quantitative estimate of drug-likeness (QED) is 0.577. The fraction of sp³-hybridized carbons (Fsp3) is 0.381. The van der Waals surface area contributed by atoms with Crippen LogP contribution in [-0.2, 0) is 19.1 Å². The summed E-state index contributed by atoms with van der Waals surface area (Å²) in [7, 11) is 2.96. The Balaban J connectivity index is 1.64. The largest absolute Gasteiger partial charge is 0.497 e. The maximum absolute atomic E-state index is 12.1. The van der Waals surface area contributed by atoms with Gasteiger partial charge in [0.2, 0.25) is 5.60 Å². The van der Waals surface area contributed by atoms with Crippen LogP contribution in [0.5, 0.6) is 0 Å². The Kier molecular flexibility index (Phi) is 4.76. The van der Waals surface area contributed by atoms with Gasteiger partial charge in [-0.15, -0.1) is 0 Å². The first kappa shape index (κ1) is 19.0. The van der Waals surface area contributed by atoms with E-state index in [2.05, 4.69) is 16.8 Å².